The highest BCUT2D eigenvalue weighted by Gasteiger charge is 2.62. The van der Waals surface area contributed by atoms with Gasteiger partial charge in [0.1, 0.15) is 5.54 Å². The maximum Gasteiger partial charge on any atom is 0.323 e. The van der Waals surface area contributed by atoms with Crippen LogP contribution in [0.3, 0.4) is 0 Å². The number of carboxylic acids is 1. The van der Waals surface area contributed by atoms with Crippen LogP contribution in [-0.4, -0.2) is 16.6 Å². The predicted octanol–water partition coefficient (Wildman–Crippen LogP) is 1.22. The van der Waals surface area contributed by atoms with Gasteiger partial charge in [-0.2, -0.15) is 0 Å². The minimum Gasteiger partial charge on any atom is -0.480 e. The summed E-state index contributed by atoms with van der Waals surface area (Å²) in [5.41, 5.74) is 5.16. The molecule has 3 aliphatic rings. The predicted molar refractivity (Wildman–Crippen MR) is 51.6 cm³/mol. The largest absolute Gasteiger partial charge is 0.480 e. The van der Waals surface area contributed by atoms with E-state index in [4.69, 9.17) is 5.73 Å². The first kappa shape index (κ1) is 8.72. The number of hydrogen-bond acceptors (Lipinski definition) is 2. The fraction of sp³-hybridized carbons (Fsp3) is 0.909. The molecular formula is C11H17NO2. The van der Waals surface area contributed by atoms with E-state index in [0.717, 1.165) is 18.8 Å². The van der Waals surface area contributed by atoms with Gasteiger partial charge in [-0.05, 0) is 49.4 Å². The van der Waals surface area contributed by atoms with E-state index >= 15 is 0 Å². The minimum absolute atomic E-state index is 0.275. The van der Waals surface area contributed by atoms with Crippen molar-refractivity contribution in [2.75, 3.05) is 0 Å². The Morgan fingerprint density at radius 3 is 2.79 bits per heavy atom. The highest BCUT2D eigenvalue weighted by molar-refractivity contribution is 5.80. The molecule has 14 heavy (non-hydrogen) atoms. The van der Waals surface area contributed by atoms with Gasteiger partial charge in [-0.1, -0.05) is 6.42 Å². The number of carboxylic acid groups (broad SMARTS) is 1. The lowest BCUT2D eigenvalue weighted by Crippen LogP contribution is -2.55. The number of carbonyl (C=O) groups is 1. The lowest BCUT2D eigenvalue weighted by molar-refractivity contribution is -0.146. The first-order chi connectivity index (χ1) is 6.63. The highest BCUT2D eigenvalue weighted by atomic mass is 16.4. The standard InChI is InChI=1S/C11H17NO2/c12-11(10(13)14)5-6-4-9(11)8-3-1-2-7(6)8/h6-9H,1-5,12H2,(H,13,14)/t6-,7+,8-,9+,11+/m0/s1. The van der Waals surface area contributed by atoms with Crippen molar-refractivity contribution in [2.45, 2.75) is 37.6 Å². The third kappa shape index (κ3) is 0.842. The van der Waals surface area contributed by atoms with E-state index in [1.165, 1.54) is 19.3 Å². The van der Waals surface area contributed by atoms with Crippen molar-refractivity contribution in [3.63, 3.8) is 0 Å². The summed E-state index contributed by atoms with van der Waals surface area (Å²) in [4.78, 5) is 11.2. The zero-order valence-corrected chi connectivity index (χ0v) is 8.28. The molecule has 0 unspecified atom stereocenters. The molecule has 3 N–H and O–H groups in total. The van der Waals surface area contributed by atoms with E-state index < -0.39 is 11.5 Å². The fourth-order valence-corrected chi connectivity index (χ4v) is 4.44. The summed E-state index contributed by atoms with van der Waals surface area (Å²) >= 11 is 0. The van der Waals surface area contributed by atoms with Gasteiger partial charge < -0.3 is 10.8 Å². The molecular weight excluding hydrogens is 178 g/mol. The first-order valence-electron chi connectivity index (χ1n) is 5.65. The van der Waals surface area contributed by atoms with E-state index in [1.54, 1.807) is 0 Å². The summed E-state index contributed by atoms with van der Waals surface area (Å²) < 4.78 is 0. The van der Waals surface area contributed by atoms with Crippen molar-refractivity contribution in [3.8, 4) is 0 Å². The van der Waals surface area contributed by atoms with E-state index in [2.05, 4.69) is 0 Å². The third-order valence-electron chi connectivity index (χ3n) is 4.96. The van der Waals surface area contributed by atoms with Crippen molar-refractivity contribution in [1.82, 2.24) is 0 Å². The van der Waals surface area contributed by atoms with Gasteiger partial charge in [0, 0.05) is 0 Å². The zero-order chi connectivity index (χ0) is 9.92. The molecule has 2 bridgehead atoms. The number of hydrogen-bond donors (Lipinski definition) is 2. The number of rotatable bonds is 1. The van der Waals surface area contributed by atoms with Crippen LogP contribution in [0, 0.1) is 23.7 Å². The second kappa shape index (κ2) is 2.51. The Morgan fingerprint density at radius 2 is 2.07 bits per heavy atom. The molecule has 0 aromatic rings. The second-order valence-electron chi connectivity index (χ2n) is 5.41. The molecule has 3 heteroatoms. The number of aliphatic carboxylic acids is 1. The molecule has 0 saturated heterocycles. The zero-order valence-electron chi connectivity index (χ0n) is 8.28. The van der Waals surface area contributed by atoms with E-state index in [1.807, 2.05) is 0 Å². The van der Waals surface area contributed by atoms with Gasteiger partial charge >= 0.3 is 5.97 Å². The van der Waals surface area contributed by atoms with Crippen LogP contribution in [0.2, 0.25) is 0 Å². The monoisotopic (exact) mass is 195 g/mol. The van der Waals surface area contributed by atoms with Gasteiger partial charge in [-0.3, -0.25) is 4.79 Å². The van der Waals surface area contributed by atoms with Crippen LogP contribution in [0.1, 0.15) is 32.1 Å². The maximum absolute atomic E-state index is 11.2. The van der Waals surface area contributed by atoms with Crippen LogP contribution in [-0.2, 0) is 4.79 Å². The molecule has 0 radical (unpaired) electrons. The highest BCUT2D eigenvalue weighted by Crippen LogP contribution is 2.61. The van der Waals surface area contributed by atoms with Crippen LogP contribution in [0.5, 0.6) is 0 Å². The molecule has 3 fully saturated rings. The summed E-state index contributed by atoms with van der Waals surface area (Å²) in [6.45, 7) is 0. The molecule has 78 valence electrons. The van der Waals surface area contributed by atoms with Crippen LogP contribution in [0.4, 0.5) is 0 Å². The topological polar surface area (TPSA) is 63.3 Å². The van der Waals surface area contributed by atoms with Crippen LogP contribution >= 0.6 is 0 Å². The fourth-order valence-electron chi connectivity index (χ4n) is 4.44. The smallest absolute Gasteiger partial charge is 0.323 e. The Kier molecular flexibility index (Phi) is 1.56. The van der Waals surface area contributed by atoms with E-state index in [-0.39, 0.29) is 5.92 Å². The molecule has 0 amide bonds. The lowest BCUT2D eigenvalue weighted by atomic mass is 9.71. The second-order valence-corrected chi connectivity index (χ2v) is 5.41. The van der Waals surface area contributed by atoms with Gasteiger partial charge in [0.15, 0.2) is 0 Å². The first-order valence-corrected chi connectivity index (χ1v) is 5.65. The van der Waals surface area contributed by atoms with E-state index in [0.29, 0.717) is 11.8 Å². The van der Waals surface area contributed by atoms with Crippen LogP contribution < -0.4 is 5.73 Å². The maximum atomic E-state index is 11.2. The van der Waals surface area contributed by atoms with Crippen molar-refractivity contribution in [2.24, 2.45) is 29.4 Å². The Hall–Kier alpha value is -0.570. The summed E-state index contributed by atoms with van der Waals surface area (Å²) in [6.07, 6.45) is 5.64. The average molecular weight is 195 g/mol. The number of nitrogens with two attached hydrogens (primary N) is 1. The van der Waals surface area contributed by atoms with Crippen molar-refractivity contribution in [3.05, 3.63) is 0 Å². The van der Waals surface area contributed by atoms with Crippen molar-refractivity contribution >= 4 is 5.97 Å². The van der Waals surface area contributed by atoms with Crippen molar-refractivity contribution in [1.29, 1.82) is 0 Å². The molecule has 0 heterocycles. The van der Waals surface area contributed by atoms with Crippen LogP contribution in [0.15, 0.2) is 0 Å². The molecule has 3 nitrogen and oxygen atoms in total. The SMILES string of the molecule is N[C@]1(C(=O)O)C[C@@H]2C[C@@H]1[C@H]1CCC[C@H]21. The van der Waals surface area contributed by atoms with Gasteiger partial charge in [0.25, 0.3) is 0 Å². The van der Waals surface area contributed by atoms with Crippen molar-refractivity contribution < 1.29 is 9.90 Å². The Labute approximate surface area is 83.7 Å². The summed E-state index contributed by atoms with van der Waals surface area (Å²) in [5.74, 6) is 1.58. The van der Waals surface area contributed by atoms with Gasteiger partial charge in [-0.15, -0.1) is 0 Å². The molecule has 5 atom stereocenters. The molecule has 0 aliphatic heterocycles. The molecule has 0 aromatic heterocycles. The summed E-state index contributed by atoms with van der Waals surface area (Å²) in [5, 5.41) is 9.19. The molecule has 3 rings (SSSR count). The Balaban J connectivity index is 1.93. The van der Waals surface area contributed by atoms with Crippen LogP contribution in [0.25, 0.3) is 0 Å². The third-order valence-corrected chi connectivity index (χ3v) is 4.96. The Morgan fingerprint density at radius 1 is 1.36 bits per heavy atom. The normalized spacial score (nSPS) is 54.9. The number of fused-ring (bicyclic) bond motifs is 5. The van der Waals surface area contributed by atoms with E-state index in [9.17, 15) is 9.90 Å². The van der Waals surface area contributed by atoms with Gasteiger partial charge in [0.05, 0.1) is 0 Å². The van der Waals surface area contributed by atoms with Gasteiger partial charge in [0.2, 0.25) is 0 Å². The minimum atomic E-state index is -0.879. The molecule has 0 spiro atoms. The summed E-state index contributed by atoms with van der Waals surface area (Å²) in [6, 6.07) is 0. The molecule has 3 aliphatic carbocycles. The van der Waals surface area contributed by atoms with Gasteiger partial charge in [-0.25, -0.2) is 0 Å². The average Bonchev–Trinajstić information content (AvgIpc) is 2.71. The summed E-state index contributed by atoms with van der Waals surface area (Å²) in [7, 11) is 0. The molecule has 0 aromatic carbocycles. The molecule has 3 saturated carbocycles. The quantitative estimate of drug-likeness (QED) is 0.661. The lowest BCUT2D eigenvalue weighted by Gasteiger charge is -2.36. The Bertz CT molecular complexity index is 291.